The van der Waals surface area contributed by atoms with Crippen LogP contribution in [0.1, 0.15) is 33.6 Å². The van der Waals surface area contributed by atoms with Crippen LogP contribution in [-0.2, 0) is 16.1 Å². The lowest BCUT2D eigenvalue weighted by Crippen LogP contribution is -2.47. The first-order valence-electron chi connectivity index (χ1n) is 11.2. The number of aldehydes is 1. The fourth-order valence-electron chi connectivity index (χ4n) is 4.17. The molecule has 0 radical (unpaired) electrons. The lowest BCUT2D eigenvalue weighted by molar-refractivity contribution is -0.137. The van der Waals surface area contributed by atoms with E-state index in [4.69, 9.17) is 10.5 Å². The van der Waals surface area contributed by atoms with E-state index < -0.39 is 5.91 Å². The summed E-state index contributed by atoms with van der Waals surface area (Å²) in [4.78, 5) is 47.1. The largest absolute Gasteiger partial charge is 0.370 e. The van der Waals surface area contributed by atoms with Crippen molar-refractivity contribution in [2.45, 2.75) is 25.4 Å². The van der Waals surface area contributed by atoms with Crippen molar-refractivity contribution in [1.29, 1.82) is 0 Å². The summed E-state index contributed by atoms with van der Waals surface area (Å²) in [5, 5.41) is 1.01. The fraction of sp³-hybridized carbons (Fsp3) is 0.375. The van der Waals surface area contributed by atoms with Crippen LogP contribution in [0.25, 0.3) is 10.9 Å². The summed E-state index contributed by atoms with van der Waals surface area (Å²) in [5.74, 6) is 0.0777. The van der Waals surface area contributed by atoms with Gasteiger partial charge >= 0.3 is 0 Å². The molecule has 1 fully saturated rings. The van der Waals surface area contributed by atoms with Crippen LogP contribution in [0.5, 0.6) is 0 Å². The zero-order valence-electron chi connectivity index (χ0n) is 19.1. The molecule has 2 aromatic heterocycles. The summed E-state index contributed by atoms with van der Waals surface area (Å²) >= 11 is 0. The molecular formula is C24H28N6O4. The molecule has 0 aliphatic carbocycles. The third kappa shape index (κ3) is 5.23. The predicted octanol–water partition coefficient (Wildman–Crippen LogP) is 1.49. The highest BCUT2D eigenvalue weighted by Crippen LogP contribution is 2.20. The molecule has 0 atom stereocenters. The first kappa shape index (κ1) is 23.4. The van der Waals surface area contributed by atoms with E-state index in [0.717, 1.165) is 43.1 Å². The normalized spacial score (nSPS) is 14.3. The predicted molar refractivity (Wildman–Crippen MR) is 127 cm³/mol. The second-order valence-corrected chi connectivity index (χ2v) is 8.36. The van der Waals surface area contributed by atoms with Gasteiger partial charge in [0.2, 0.25) is 17.8 Å². The SMILES string of the molecule is CN(C(=O)COCCn1ccc2ccc(C(N)=O)cc21)C1CCN(c2ncc(C=O)cn2)CC1. The number of carbonyl (C=O) groups excluding carboxylic acids is 3. The molecule has 0 spiro atoms. The van der Waals surface area contributed by atoms with Crippen LogP contribution in [0.3, 0.4) is 0 Å². The topological polar surface area (TPSA) is 124 Å². The van der Waals surface area contributed by atoms with Gasteiger partial charge in [0.05, 0.1) is 12.2 Å². The van der Waals surface area contributed by atoms with Gasteiger partial charge in [0.15, 0.2) is 6.29 Å². The molecule has 2 N–H and O–H groups in total. The molecule has 0 unspecified atom stereocenters. The Labute approximate surface area is 197 Å². The molecule has 3 heterocycles. The Hall–Kier alpha value is -3.79. The second kappa shape index (κ2) is 10.4. The average molecular weight is 465 g/mol. The van der Waals surface area contributed by atoms with Crippen molar-refractivity contribution < 1.29 is 19.1 Å². The van der Waals surface area contributed by atoms with Gasteiger partial charge in [0.25, 0.3) is 0 Å². The standard InChI is InChI=1S/C24H28N6O4/c1-28(20-5-8-30(9-6-20)24-26-13-17(15-31)14-27-24)22(32)16-34-11-10-29-7-4-18-2-3-19(23(25)33)12-21(18)29/h2-4,7,12-15,20H,5-6,8-11,16H2,1H3,(H2,25,33). The molecule has 10 heteroatoms. The summed E-state index contributed by atoms with van der Waals surface area (Å²) < 4.78 is 7.64. The summed E-state index contributed by atoms with van der Waals surface area (Å²) in [7, 11) is 1.81. The van der Waals surface area contributed by atoms with E-state index in [9.17, 15) is 14.4 Å². The lowest BCUT2D eigenvalue weighted by Gasteiger charge is -2.36. The number of likely N-dealkylation sites (N-methyl/N-ethyl adjacent to an activating group) is 1. The number of primary amides is 1. The van der Waals surface area contributed by atoms with Crippen LogP contribution in [-0.4, -0.2) is 76.9 Å². The van der Waals surface area contributed by atoms with E-state index >= 15 is 0 Å². The average Bonchev–Trinajstić information content (AvgIpc) is 3.28. The maximum atomic E-state index is 12.6. The number of nitrogens with zero attached hydrogens (tertiary/aromatic N) is 5. The van der Waals surface area contributed by atoms with Gasteiger partial charge in [-0.2, -0.15) is 0 Å². The number of amides is 2. The number of fused-ring (bicyclic) bond motifs is 1. The number of anilines is 1. The highest BCUT2D eigenvalue weighted by molar-refractivity contribution is 5.97. The van der Waals surface area contributed by atoms with Gasteiger partial charge in [-0.15, -0.1) is 0 Å². The summed E-state index contributed by atoms with van der Waals surface area (Å²) in [6, 6.07) is 7.43. The third-order valence-corrected chi connectivity index (χ3v) is 6.24. The molecule has 2 amide bonds. The number of carbonyl (C=O) groups is 3. The molecule has 0 saturated carbocycles. The Morgan fingerprint density at radius 3 is 2.62 bits per heavy atom. The van der Waals surface area contributed by atoms with Crippen molar-refractivity contribution in [3.63, 3.8) is 0 Å². The first-order valence-corrected chi connectivity index (χ1v) is 11.2. The van der Waals surface area contributed by atoms with Crippen molar-refractivity contribution in [2.75, 3.05) is 38.3 Å². The number of nitrogens with two attached hydrogens (primary N) is 1. The van der Waals surface area contributed by atoms with Gasteiger partial charge in [-0.1, -0.05) is 6.07 Å². The number of aromatic nitrogens is 3. The summed E-state index contributed by atoms with van der Waals surface area (Å²) in [6.45, 7) is 2.41. The Morgan fingerprint density at radius 2 is 1.94 bits per heavy atom. The quantitative estimate of drug-likeness (QED) is 0.376. The highest BCUT2D eigenvalue weighted by Gasteiger charge is 2.26. The Morgan fingerprint density at radius 1 is 1.21 bits per heavy atom. The van der Waals surface area contributed by atoms with E-state index in [2.05, 4.69) is 14.9 Å². The van der Waals surface area contributed by atoms with Gasteiger partial charge in [-0.05, 0) is 36.4 Å². The molecular weight excluding hydrogens is 436 g/mol. The van der Waals surface area contributed by atoms with Crippen LogP contribution in [0.4, 0.5) is 5.95 Å². The highest BCUT2D eigenvalue weighted by atomic mass is 16.5. The minimum absolute atomic E-state index is 0.0126. The van der Waals surface area contributed by atoms with Crippen molar-refractivity contribution in [3.8, 4) is 0 Å². The Balaban J connectivity index is 1.22. The van der Waals surface area contributed by atoms with Crippen LogP contribution >= 0.6 is 0 Å². The molecule has 1 aromatic carbocycles. The number of piperidine rings is 1. The Kier molecular flexibility index (Phi) is 7.17. The molecule has 1 saturated heterocycles. The van der Waals surface area contributed by atoms with E-state index in [1.165, 1.54) is 12.4 Å². The van der Waals surface area contributed by atoms with E-state index in [-0.39, 0.29) is 18.6 Å². The van der Waals surface area contributed by atoms with E-state index in [1.54, 1.807) is 17.0 Å². The van der Waals surface area contributed by atoms with Crippen molar-refractivity contribution in [3.05, 3.63) is 54.0 Å². The molecule has 178 valence electrons. The molecule has 1 aliphatic rings. The minimum atomic E-state index is -0.464. The number of hydrogen-bond acceptors (Lipinski definition) is 7. The number of ether oxygens (including phenoxy) is 1. The van der Waals surface area contributed by atoms with Gasteiger partial charge < -0.3 is 24.8 Å². The maximum absolute atomic E-state index is 12.6. The van der Waals surface area contributed by atoms with Gasteiger partial charge in [0, 0.05) is 62.4 Å². The van der Waals surface area contributed by atoms with Gasteiger partial charge in [-0.3, -0.25) is 14.4 Å². The molecule has 1 aliphatic heterocycles. The first-order chi connectivity index (χ1) is 16.5. The third-order valence-electron chi connectivity index (χ3n) is 6.24. The second-order valence-electron chi connectivity index (χ2n) is 8.36. The molecule has 3 aromatic rings. The summed E-state index contributed by atoms with van der Waals surface area (Å²) in [6.07, 6.45) is 7.29. The number of hydrogen-bond donors (Lipinski definition) is 1. The van der Waals surface area contributed by atoms with E-state index in [0.29, 0.717) is 30.2 Å². The molecule has 10 nitrogen and oxygen atoms in total. The van der Waals surface area contributed by atoms with Crippen molar-refractivity contribution >= 4 is 35.0 Å². The maximum Gasteiger partial charge on any atom is 0.248 e. The van der Waals surface area contributed by atoms with E-state index in [1.807, 2.05) is 29.9 Å². The molecule has 0 bridgehead atoms. The molecule has 4 rings (SSSR count). The Bertz CT molecular complexity index is 1170. The van der Waals surface area contributed by atoms with Crippen molar-refractivity contribution in [1.82, 2.24) is 19.4 Å². The van der Waals surface area contributed by atoms with Gasteiger partial charge in [0.1, 0.15) is 6.61 Å². The fourth-order valence-corrected chi connectivity index (χ4v) is 4.17. The smallest absolute Gasteiger partial charge is 0.248 e. The summed E-state index contributed by atoms with van der Waals surface area (Å²) in [5.41, 5.74) is 7.19. The van der Waals surface area contributed by atoms with Crippen LogP contribution in [0, 0.1) is 0 Å². The zero-order valence-corrected chi connectivity index (χ0v) is 19.1. The zero-order chi connectivity index (χ0) is 24.1. The van der Waals surface area contributed by atoms with Crippen molar-refractivity contribution in [2.24, 2.45) is 5.73 Å². The van der Waals surface area contributed by atoms with Crippen LogP contribution < -0.4 is 10.6 Å². The van der Waals surface area contributed by atoms with Crippen LogP contribution in [0.15, 0.2) is 42.9 Å². The molecule has 34 heavy (non-hydrogen) atoms. The number of rotatable bonds is 9. The monoisotopic (exact) mass is 464 g/mol. The lowest BCUT2D eigenvalue weighted by atomic mass is 10.0. The van der Waals surface area contributed by atoms with Crippen LogP contribution in [0.2, 0.25) is 0 Å². The van der Waals surface area contributed by atoms with Gasteiger partial charge in [-0.25, -0.2) is 9.97 Å². The number of benzene rings is 1. The minimum Gasteiger partial charge on any atom is -0.370 e.